The molecule has 0 aliphatic carbocycles. The molecule has 7 heteroatoms. The zero-order chi connectivity index (χ0) is 14.2. The molecule has 3 rings (SSSR count). The molecule has 0 radical (unpaired) electrons. The molecule has 0 spiro atoms. The van der Waals surface area contributed by atoms with E-state index in [2.05, 4.69) is 15.5 Å². The summed E-state index contributed by atoms with van der Waals surface area (Å²) in [5.41, 5.74) is 2.12. The maximum absolute atomic E-state index is 12.3. The first-order valence-electron chi connectivity index (χ1n) is 6.21. The molecule has 0 saturated carbocycles. The molecule has 0 fully saturated rings. The largest absolute Gasteiger partial charge is 0.396 e. The van der Waals surface area contributed by atoms with E-state index >= 15 is 0 Å². The van der Waals surface area contributed by atoms with Crippen molar-refractivity contribution in [2.75, 3.05) is 6.54 Å². The Morgan fingerprint density at radius 1 is 1.30 bits per heavy atom. The second-order valence-electron chi connectivity index (χ2n) is 4.72. The van der Waals surface area contributed by atoms with Crippen molar-refractivity contribution >= 4 is 0 Å². The van der Waals surface area contributed by atoms with E-state index in [1.54, 1.807) is 0 Å². The van der Waals surface area contributed by atoms with Gasteiger partial charge >= 0.3 is 6.18 Å². The van der Waals surface area contributed by atoms with Crippen LogP contribution < -0.4 is 5.32 Å². The van der Waals surface area contributed by atoms with E-state index < -0.39 is 12.6 Å². The molecule has 1 aliphatic rings. The van der Waals surface area contributed by atoms with Gasteiger partial charge in [0.25, 0.3) is 0 Å². The van der Waals surface area contributed by atoms with Crippen LogP contribution in [-0.2, 0) is 13.0 Å². The summed E-state index contributed by atoms with van der Waals surface area (Å²) in [4.78, 5) is 3.88. The van der Waals surface area contributed by atoms with Gasteiger partial charge < -0.3 is 9.84 Å². The molecule has 1 aromatic heterocycles. The Morgan fingerprint density at radius 3 is 2.90 bits per heavy atom. The fourth-order valence-electron chi connectivity index (χ4n) is 2.38. The lowest BCUT2D eigenvalue weighted by Crippen LogP contribution is -2.28. The molecule has 1 aliphatic heterocycles. The zero-order valence-corrected chi connectivity index (χ0v) is 10.4. The molecular formula is C13H12F3N3O. The first-order chi connectivity index (χ1) is 9.53. The molecule has 0 bridgehead atoms. The Hall–Kier alpha value is -1.89. The second kappa shape index (κ2) is 4.90. The minimum atomic E-state index is -4.33. The van der Waals surface area contributed by atoms with Gasteiger partial charge in [-0.05, 0) is 11.1 Å². The Kier molecular flexibility index (Phi) is 3.21. The van der Waals surface area contributed by atoms with Gasteiger partial charge in [-0.1, -0.05) is 29.4 Å². The van der Waals surface area contributed by atoms with Crippen LogP contribution in [0.1, 0.15) is 28.8 Å². The molecule has 4 nitrogen and oxygen atoms in total. The lowest BCUT2D eigenvalue weighted by molar-refractivity contribution is -0.128. The van der Waals surface area contributed by atoms with Gasteiger partial charge in [0.2, 0.25) is 5.89 Å². The number of alkyl halides is 3. The van der Waals surface area contributed by atoms with Crippen molar-refractivity contribution in [3.63, 3.8) is 0 Å². The lowest BCUT2D eigenvalue weighted by Gasteiger charge is -2.23. The van der Waals surface area contributed by atoms with Gasteiger partial charge in [-0.2, -0.15) is 18.2 Å². The van der Waals surface area contributed by atoms with E-state index in [1.165, 1.54) is 0 Å². The topological polar surface area (TPSA) is 51.0 Å². The highest BCUT2D eigenvalue weighted by Crippen LogP contribution is 2.29. The van der Waals surface area contributed by atoms with Crippen molar-refractivity contribution in [1.82, 2.24) is 15.5 Å². The summed E-state index contributed by atoms with van der Waals surface area (Å²) in [5.74, 6) is -0.297. The number of aromatic nitrogens is 2. The summed E-state index contributed by atoms with van der Waals surface area (Å²) in [6.07, 6.45) is -5.50. The Labute approximate surface area is 113 Å². The van der Waals surface area contributed by atoms with Crippen LogP contribution in [0, 0.1) is 0 Å². The summed E-state index contributed by atoms with van der Waals surface area (Å²) < 4.78 is 41.9. The number of rotatable bonds is 2. The average Bonchev–Trinajstić information content (AvgIpc) is 2.84. The monoisotopic (exact) mass is 283 g/mol. The molecule has 0 amide bonds. The van der Waals surface area contributed by atoms with E-state index in [4.69, 9.17) is 4.52 Å². The molecule has 2 aromatic rings. The molecule has 2 heterocycles. The van der Waals surface area contributed by atoms with Crippen molar-refractivity contribution in [2.24, 2.45) is 0 Å². The minimum absolute atomic E-state index is 0.200. The maximum atomic E-state index is 12.3. The standard InChI is InChI=1S/C13H12F3N3O/c14-13(15,16)5-11-18-12(20-19-11)10-7-17-6-8-3-1-2-4-9(8)10/h1-4,10,17H,5-7H2. The van der Waals surface area contributed by atoms with Gasteiger partial charge in [0.1, 0.15) is 6.42 Å². The molecule has 20 heavy (non-hydrogen) atoms. The zero-order valence-electron chi connectivity index (χ0n) is 10.4. The number of benzene rings is 1. The van der Waals surface area contributed by atoms with Crippen LogP contribution in [0.25, 0.3) is 0 Å². The molecular weight excluding hydrogens is 271 g/mol. The first kappa shape index (κ1) is 13.1. The number of hydrogen-bond acceptors (Lipinski definition) is 4. The molecule has 1 aromatic carbocycles. The smallest absolute Gasteiger partial charge is 0.339 e. The van der Waals surface area contributed by atoms with Crippen LogP contribution in [0.15, 0.2) is 28.8 Å². The highest BCUT2D eigenvalue weighted by atomic mass is 19.4. The lowest BCUT2D eigenvalue weighted by atomic mass is 9.91. The Morgan fingerprint density at radius 2 is 2.10 bits per heavy atom. The van der Waals surface area contributed by atoms with E-state index in [9.17, 15) is 13.2 Å². The van der Waals surface area contributed by atoms with E-state index in [-0.39, 0.29) is 17.6 Å². The summed E-state index contributed by atoms with van der Waals surface area (Å²) in [5, 5.41) is 6.61. The van der Waals surface area contributed by atoms with Gasteiger partial charge in [-0.25, -0.2) is 0 Å². The number of hydrogen-bond donors (Lipinski definition) is 1. The van der Waals surface area contributed by atoms with E-state index in [0.717, 1.165) is 17.7 Å². The van der Waals surface area contributed by atoms with Crippen LogP contribution in [-0.4, -0.2) is 22.9 Å². The van der Waals surface area contributed by atoms with Crippen molar-refractivity contribution < 1.29 is 17.7 Å². The van der Waals surface area contributed by atoms with Crippen molar-refractivity contribution in [3.05, 3.63) is 47.1 Å². The third-order valence-corrected chi connectivity index (χ3v) is 3.23. The third-order valence-electron chi connectivity index (χ3n) is 3.23. The molecule has 1 unspecified atom stereocenters. The maximum Gasteiger partial charge on any atom is 0.396 e. The molecule has 1 atom stereocenters. The fourth-order valence-corrected chi connectivity index (χ4v) is 2.38. The summed E-state index contributed by atoms with van der Waals surface area (Å²) in [7, 11) is 0. The van der Waals surface area contributed by atoms with Gasteiger partial charge in [-0.3, -0.25) is 0 Å². The molecule has 0 saturated heterocycles. The highest BCUT2D eigenvalue weighted by molar-refractivity contribution is 5.35. The fraction of sp³-hybridized carbons (Fsp3) is 0.385. The van der Waals surface area contributed by atoms with Crippen molar-refractivity contribution in [2.45, 2.75) is 25.1 Å². The number of nitrogens with one attached hydrogen (secondary N) is 1. The van der Waals surface area contributed by atoms with Crippen LogP contribution >= 0.6 is 0 Å². The molecule has 106 valence electrons. The van der Waals surface area contributed by atoms with Crippen molar-refractivity contribution in [1.29, 1.82) is 0 Å². The normalized spacial score (nSPS) is 18.9. The van der Waals surface area contributed by atoms with Gasteiger partial charge in [0.05, 0.1) is 5.92 Å². The Bertz CT molecular complexity index is 609. The Balaban J connectivity index is 1.88. The first-order valence-corrected chi connectivity index (χ1v) is 6.21. The molecule has 1 N–H and O–H groups in total. The van der Waals surface area contributed by atoms with Gasteiger partial charge in [0, 0.05) is 13.1 Å². The van der Waals surface area contributed by atoms with Crippen LogP contribution in [0.4, 0.5) is 13.2 Å². The van der Waals surface area contributed by atoms with Crippen molar-refractivity contribution in [3.8, 4) is 0 Å². The van der Waals surface area contributed by atoms with Crippen LogP contribution in [0.2, 0.25) is 0 Å². The van der Waals surface area contributed by atoms with Gasteiger partial charge in [0.15, 0.2) is 5.82 Å². The number of nitrogens with zero attached hydrogens (tertiary/aromatic N) is 2. The number of halogens is 3. The van der Waals surface area contributed by atoms with Crippen LogP contribution in [0.3, 0.4) is 0 Å². The minimum Gasteiger partial charge on any atom is -0.339 e. The second-order valence-corrected chi connectivity index (χ2v) is 4.72. The summed E-state index contributed by atoms with van der Waals surface area (Å²) >= 11 is 0. The van der Waals surface area contributed by atoms with Crippen LogP contribution in [0.5, 0.6) is 0 Å². The van der Waals surface area contributed by atoms with E-state index in [1.807, 2.05) is 24.3 Å². The highest BCUT2D eigenvalue weighted by Gasteiger charge is 2.32. The SMILES string of the molecule is FC(F)(F)Cc1noc(C2CNCc3ccccc32)n1. The predicted molar refractivity (Wildman–Crippen MR) is 64.0 cm³/mol. The number of fused-ring (bicyclic) bond motifs is 1. The average molecular weight is 283 g/mol. The summed E-state index contributed by atoms with van der Waals surface area (Å²) in [6, 6.07) is 7.73. The van der Waals surface area contributed by atoms with E-state index in [0.29, 0.717) is 6.54 Å². The predicted octanol–water partition coefficient (Wildman–Crippen LogP) is 2.41. The summed E-state index contributed by atoms with van der Waals surface area (Å²) in [6.45, 7) is 1.31. The van der Waals surface area contributed by atoms with Gasteiger partial charge in [-0.15, -0.1) is 0 Å². The quantitative estimate of drug-likeness (QED) is 0.919. The third kappa shape index (κ3) is 2.67.